The molecule has 0 saturated heterocycles. The molecule has 1 rings (SSSR count). The van der Waals surface area contributed by atoms with Crippen LogP contribution >= 0.6 is 0 Å². The smallest absolute Gasteiger partial charge is 0.432 e. The number of hydrogen-bond donors (Lipinski definition) is 1. The molecule has 0 amide bonds. The number of benzene rings is 1. The number of hydrogen-bond acceptors (Lipinski definition) is 4. The first kappa shape index (κ1) is 22.3. The van der Waals surface area contributed by atoms with Crippen LogP contribution in [0.3, 0.4) is 0 Å². The maximum Gasteiger partial charge on any atom is 0.432 e. The highest BCUT2D eigenvalue weighted by Gasteiger charge is 2.66. The summed E-state index contributed by atoms with van der Waals surface area (Å²) in [6.45, 7) is 5.79. The van der Waals surface area contributed by atoms with Crippen LogP contribution in [0.4, 0.5) is 22.0 Å². The van der Waals surface area contributed by atoms with Gasteiger partial charge in [0.05, 0.1) is 5.56 Å². The summed E-state index contributed by atoms with van der Waals surface area (Å²) >= 11 is 0. The second kappa shape index (κ2) is 7.10. The van der Waals surface area contributed by atoms with Gasteiger partial charge in [-0.2, -0.15) is 30.4 Å². The third-order valence-electron chi connectivity index (χ3n) is 3.10. The molecule has 148 valence electrons. The van der Waals surface area contributed by atoms with Gasteiger partial charge in [0.2, 0.25) is 0 Å². The fourth-order valence-corrected chi connectivity index (χ4v) is 2.46. The molecule has 1 aromatic rings. The molecular formula is C15H17F5O5S. The Balaban J connectivity index is 3.08. The Morgan fingerprint density at radius 3 is 1.88 bits per heavy atom. The SMILES string of the molecule is CC(C)(C)Cc1ccc(C(=O)OC(C(F)(F)F)C(F)(F)S(=O)(=O)O)cc1. The molecule has 0 fully saturated rings. The van der Waals surface area contributed by atoms with Gasteiger partial charge in [0, 0.05) is 0 Å². The van der Waals surface area contributed by atoms with E-state index in [1.54, 1.807) is 0 Å². The third kappa shape index (κ3) is 5.63. The van der Waals surface area contributed by atoms with Crippen molar-refractivity contribution in [1.82, 2.24) is 0 Å². The van der Waals surface area contributed by atoms with Gasteiger partial charge in [-0.25, -0.2) is 4.79 Å². The molecule has 1 N–H and O–H groups in total. The Labute approximate surface area is 146 Å². The van der Waals surface area contributed by atoms with Crippen molar-refractivity contribution < 1.29 is 44.5 Å². The largest absolute Gasteiger partial charge is 0.441 e. The van der Waals surface area contributed by atoms with Crippen molar-refractivity contribution in [2.45, 2.75) is 44.7 Å². The molecule has 26 heavy (non-hydrogen) atoms. The van der Waals surface area contributed by atoms with Gasteiger partial charge in [0.15, 0.2) is 0 Å². The maximum absolute atomic E-state index is 13.4. The summed E-state index contributed by atoms with van der Waals surface area (Å²) in [4.78, 5) is 11.7. The monoisotopic (exact) mass is 404 g/mol. The Kier molecular flexibility index (Phi) is 6.09. The Morgan fingerprint density at radius 1 is 1.08 bits per heavy atom. The summed E-state index contributed by atoms with van der Waals surface area (Å²) in [5.74, 6) is -1.81. The molecule has 0 heterocycles. The van der Waals surface area contributed by atoms with E-state index in [1.807, 2.05) is 20.8 Å². The number of rotatable bonds is 5. The van der Waals surface area contributed by atoms with E-state index >= 15 is 0 Å². The van der Waals surface area contributed by atoms with E-state index < -0.39 is 39.2 Å². The molecule has 5 nitrogen and oxygen atoms in total. The summed E-state index contributed by atoms with van der Waals surface area (Å²) < 4.78 is 98.1. The van der Waals surface area contributed by atoms with E-state index in [-0.39, 0.29) is 5.41 Å². The van der Waals surface area contributed by atoms with Crippen molar-refractivity contribution >= 4 is 16.1 Å². The summed E-state index contributed by atoms with van der Waals surface area (Å²) in [5.41, 5.74) is 0.147. The molecule has 11 heteroatoms. The lowest BCUT2D eigenvalue weighted by molar-refractivity contribution is -0.248. The third-order valence-corrected chi connectivity index (χ3v) is 4.00. The van der Waals surface area contributed by atoms with Gasteiger partial charge in [-0.3, -0.25) is 4.55 Å². The predicted molar refractivity (Wildman–Crippen MR) is 81.4 cm³/mol. The minimum absolute atomic E-state index is 0.110. The molecular weight excluding hydrogens is 387 g/mol. The van der Waals surface area contributed by atoms with Crippen LogP contribution in [0, 0.1) is 5.41 Å². The van der Waals surface area contributed by atoms with Gasteiger partial charge in [-0.05, 0) is 29.5 Å². The molecule has 0 aliphatic heterocycles. The van der Waals surface area contributed by atoms with Crippen molar-refractivity contribution in [3.05, 3.63) is 35.4 Å². The summed E-state index contributed by atoms with van der Waals surface area (Å²) in [6.07, 6.45) is -9.71. The molecule has 0 saturated carbocycles. The normalized spacial score (nSPS) is 14.8. The van der Waals surface area contributed by atoms with Gasteiger partial charge >= 0.3 is 27.5 Å². The first-order valence-electron chi connectivity index (χ1n) is 7.16. The Hall–Kier alpha value is -1.75. The van der Waals surface area contributed by atoms with Gasteiger partial charge in [0.25, 0.3) is 6.10 Å². The number of carbonyl (C=O) groups excluding carboxylic acids is 1. The van der Waals surface area contributed by atoms with Crippen LogP contribution in [0.25, 0.3) is 0 Å². The minimum atomic E-state index is -6.47. The van der Waals surface area contributed by atoms with E-state index in [0.717, 1.165) is 17.7 Å². The Morgan fingerprint density at radius 2 is 1.54 bits per heavy atom. The standard InChI is InChI=1S/C15H17F5O5S/c1-13(2,3)8-9-4-6-10(7-5-9)11(21)25-12(14(16,17)18)15(19,20)26(22,23)24/h4-7,12H,8H2,1-3H3,(H,22,23,24). The van der Waals surface area contributed by atoms with Crippen molar-refractivity contribution in [2.75, 3.05) is 0 Å². The van der Waals surface area contributed by atoms with Crippen LogP contribution in [0.2, 0.25) is 0 Å². The van der Waals surface area contributed by atoms with E-state index in [9.17, 15) is 35.2 Å². The van der Waals surface area contributed by atoms with Crippen molar-refractivity contribution in [2.24, 2.45) is 5.41 Å². The fraction of sp³-hybridized carbons (Fsp3) is 0.533. The lowest BCUT2D eigenvalue weighted by Gasteiger charge is -2.26. The molecule has 0 aliphatic rings. The predicted octanol–water partition coefficient (Wildman–Crippen LogP) is 3.84. The molecule has 0 aliphatic carbocycles. The number of esters is 1. The first-order chi connectivity index (χ1) is 11.4. The lowest BCUT2D eigenvalue weighted by Crippen LogP contribution is -2.52. The van der Waals surface area contributed by atoms with Crippen molar-refractivity contribution in [1.29, 1.82) is 0 Å². The highest BCUT2D eigenvalue weighted by Crippen LogP contribution is 2.38. The van der Waals surface area contributed by atoms with E-state index in [4.69, 9.17) is 4.55 Å². The average Bonchev–Trinajstić information content (AvgIpc) is 2.40. The molecule has 0 radical (unpaired) electrons. The molecule has 0 bridgehead atoms. The topological polar surface area (TPSA) is 80.7 Å². The fourth-order valence-electron chi connectivity index (χ4n) is 2.01. The highest BCUT2D eigenvalue weighted by molar-refractivity contribution is 7.86. The van der Waals surface area contributed by atoms with E-state index in [2.05, 4.69) is 4.74 Å². The number of ether oxygens (including phenoxy) is 1. The maximum atomic E-state index is 13.4. The van der Waals surface area contributed by atoms with Gasteiger partial charge in [-0.15, -0.1) is 0 Å². The summed E-state index contributed by atoms with van der Waals surface area (Å²) in [7, 11) is -6.47. The van der Waals surface area contributed by atoms with Gasteiger partial charge in [0.1, 0.15) is 0 Å². The molecule has 1 unspecified atom stereocenters. The van der Waals surface area contributed by atoms with Crippen LogP contribution in [0.5, 0.6) is 0 Å². The van der Waals surface area contributed by atoms with Crippen LogP contribution in [0.15, 0.2) is 24.3 Å². The minimum Gasteiger partial charge on any atom is -0.441 e. The van der Waals surface area contributed by atoms with Crippen LogP contribution < -0.4 is 0 Å². The Bertz CT molecular complexity index is 748. The number of carbonyl (C=O) groups is 1. The van der Waals surface area contributed by atoms with Crippen LogP contribution in [-0.2, 0) is 21.3 Å². The van der Waals surface area contributed by atoms with Gasteiger partial charge < -0.3 is 4.74 Å². The molecule has 1 aromatic carbocycles. The number of halogens is 5. The highest BCUT2D eigenvalue weighted by atomic mass is 32.2. The summed E-state index contributed by atoms with van der Waals surface area (Å²) in [5, 5.41) is -5.76. The molecule has 0 spiro atoms. The number of alkyl halides is 5. The van der Waals surface area contributed by atoms with Crippen molar-refractivity contribution in [3.63, 3.8) is 0 Å². The second-order valence-electron chi connectivity index (χ2n) is 6.80. The van der Waals surface area contributed by atoms with E-state index in [0.29, 0.717) is 6.42 Å². The quantitative estimate of drug-likeness (QED) is 0.458. The van der Waals surface area contributed by atoms with Crippen LogP contribution in [-0.4, -0.2) is 36.5 Å². The van der Waals surface area contributed by atoms with Crippen LogP contribution in [0.1, 0.15) is 36.7 Å². The first-order valence-corrected chi connectivity index (χ1v) is 8.60. The second-order valence-corrected chi connectivity index (χ2v) is 8.29. The molecule has 0 aromatic heterocycles. The van der Waals surface area contributed by atoms with Gasteiger partial charge in [-0.1, -0.05) is 32.9 Å². The van der Waals surface area contributed by atoms with E-state index in [1.165, 1.54) is 12.1 Å². The zero-order valence-corrected chi connectivity index (χ0v) is 14.8. The molecule has 1 atom stereocenters. The average molecular weight is 404 g/mol. The zero-order valence-electron chi connectivity index (χ0n) is 14.0. The summed E-state index contributed by atoms with van der Waals surface area (Å²) in [6, 6.07) is 4.96. The lowest BCUT2D eigenvalue weighted by atomic mass is 9.88. The van der Waals surface area contributed by atoms with Crippen molar-refractivity contribution in [3.8, 4) is 0 Å². The zero-order chi connectivity index (χ0) is 20.6.